The van der Waals surface area contributed by atoms with Gasteiger partial charge in [-0.25, -0.2) is 13.9 Å². The van der Waals surface area contributed by atoms with Crippen LogP contribution in [0.1, 0.15) is 17.3 Å². The molecule has 2 aromatic heterocycles. The molecule has 0 aliphatic heterocycles. The first-order valence-electron chi connectivity index (χ1n) is 9.08. The summed E-state index contributed by atoms with van der Waals surface area (Å²) < 4.78 is 22.1. The zero-order chi connectivity index (χ0) is 21.1. The molecule has 150 valence electrons. The van der Waals surface area contributed by atoms with Crippen molar-refractivity contribution < 1.29 is 18.7 Å². The van der Waals surface area contributed by atoms with Gasteiger partial charge in [-0.1, -0.05) is 0 Å². The number of aromatic nitrogens is 3. The van der Waals surface area contributed by atoms with Gasteiger partial charge in [-0.05, 0) is 60.7 Å². The van der Waals surface area contributed by atoms with Crippen molar-refractivity contribution in [1.29, 1.82) is 0 Å². The first-order chi connectivity index (χ1) is 14.5. The Balaban J connectivity index is 1.66. The molecule has 8 heteroatoms. The standard InChI is InChI=1S/C22H17FN4O3/c1-15(28)25-17-6-10-19(11-7-17)30-22(29)20-14-24-27(18-8-4-16(23)5-9-18)21(20)26-12-2-3-13-26/h2-14H,1H3,(H,25,28). The Hall–Kier alpha value is -4.20. The average Bonchev–Trinajstić information content (AvgIpc) is 3.39. The van der Waals surface area contributed by atoms with Crippen molar-refractivity contribution in [2.75, 3.05) is 5.32 Å². The van der Waals surface area contributed by atoms with Crippen molar-refractivity contribution >= 4 is 17.6 Å². The van der Waals surface area contributed by atoms with Crippen molar-refractivity contribution in [3.05, 3.63) is 90.6 Å². The van der Waals surface area contributed by atoms with Crippen molar-refractivity contribution in [3.63, 3.8) is 0 Å². The Labute approximate surface area is 171 Å². The maximum atomic E-state index is 13.3. The molecule has 0 saturated heterocycles. The molecule has 0 fully saturated rings. The molecule has 0 saturated carbocycles. The number of carbonyl (C=O) groups excluding carboxylic acids is 2. The van der Waals surface area contributed by atoms with Crippen molar-refractivity contribution in [3.8, 4) is 17.3 Å². The van der Waals surface area contributed by atoms with Gasteiger partial charge in [0.25, 0.3) is 0 Å². The van der Waals surface area contributed by atoms with Gasteiger partial charge in [-0.15, -0.1) is 0 Å². The number of nitrogens with zero attached hydrogens (tertiary/aromatic N) is 3. The Bertz CT molecular complexity index is 1180. The topological polar surface area (TPSA) is 78.2 Å². The lowest BCUT2D eigenvalue weighted by atomic mass is 10.2. The molecule has 0 unspecified atom stereocenters. The van der Waals surface area contributed by atoms with Crippen LogP contribution in [0.25, 0.3) is 11.5 Å². The van der Waals surface area contributed by atoms with E-state index in [0.29, 0.717) is 22.9 Å². The van der Waals surface area contributed by atoms with Gasteiger partial charge in [0.05, 0.1) is 11.9 Å². The Morgan fingerprint density at radius 2 is 1.67 bits per heavy atom. The van der Waals surface area contributed by atoms with Crippen LogP contribution in [0.5, 0.6) is 5.75 Å². The monoisotopic (exact) mass is 404 g/mol. The molecular weight excluding hydrogens is 387 g/mol. The van der Waals surface area contributed by atoms with Crippen LogP contribution in [0.3, 0.4) is 0 Å². The number of benzene rings is 2. The fourth-order valence-electron chi connectivity index (χ4n) is 2.95. The fourth-order valence-corrected chi connectivity index (χ4v) is 2.95. The van der Waals surface area contributed by atoms with E-state index in [2.05, 4.69) is 10.4 Å². The molecule has 0 aliphatic carbocycles. The summed E-state index contributed by atoms with van der Waals surface area (Å²) in [6.07, 6.45) is 4.96. The first-order valence-corrected chi connectivity index (χ1v) is 9.08. The normalized spacial score (nSPS) is 10.6. The van der Waals surface area contributed by atoms with Crippen LogP contribution in [0.2, 0.25) is 0 Å². The third-order valence-corrected chi connectivity index (χ3v) is 4.27. The van der Waals surface area contributed by atoms with Crippen LogP contribution < -0.4 is 10.1 Å². The second-order valence-electron chi connectivity index (χ2n) is 6.46. The number of rotatable bonds is 5. The Morgan fingerprint density at radius 3 is 2.30 bits per heavy atom. The molecule has 0 bridgehead atoms. The number of hydrogen-bond donors (Lipinski definition) is 1. The van der Waals surface area contributed by atoms with Gasteiger partial charge in [0.1, 0.15) is 17.1 Å². The van der Waals surface area contributed by atoms with Gasteiger partial charge >= 0.3 is 5.97 Å². The van der Waals surface area contributed by atoms with Crippen molar-refractivity contribution in [1.82, 2.24) is 14.3 Å². The highest BCUT2D eigenvalue weighted by Gasteiger charge is 2.21. The molecule has 0 radical (unpaired) electrons. The second-order valence-corrected chi connectivity index (χ2v) is 6.46. The number of hydrogen-bond acceptors (Lipinski definition) is 4. The number of anilines is 1. The number of esters is 1. The van der Waals surface area contributed by atoms with E-state index in [9.17, 15) is 14.0 Å². The lowest BCUT2D eigenvalue weighted by molar-refractivity contribution is -0.114. The molecule has 4 rings (SSSR count). The third-order valence-electron chi connectivity index (χ3n) is 4.27. The number of ether oxygens (including phenoxy) is 1. The predicted molar refractivity (Wildman–Crippen MR) is 109 cm³/mol. The van der Waals surface area contributed by atoms with E-state index in [4.69, 9.17) is 4.74 Å². The fraction of sp³-hybridized carbons (Fsp3) is 0.0455. The number of nitrogens with one attached hydrogen (secondary N) is 1. The van der Waals surface area contributed by atoms with Crippen LogP contribution in [0.15, 0.2) is 79.3 Å². The number of amides is 1. The van der Waals surface area contributed by atoms with Gasteiger partial charge in [0, 0.05) is 25.0 Å². The lowest BCUT2D eigenvalue weighted by Gasteiger charge is -2.11. The quantitative estimate of drug-likeness (QED) is 0.403. The highest BCUT2D eigenvalue weighted by molar-refractivity contribution is 5.94. The molecule has 2 heterocycles. The highest BCUT2D eigenvalue weighted by Crippen LogP contribution is 2.23. The Kier molecular flexibility index (Phi) is 5.13. The zero-order valence-electron chi connectivity index (χ0n) is 15.9. The van der Waals surface area contributed by atoms with Gasteiger partial charge in [0.2, 0.25) is 5.91 Å². The van der Waals surface area contributed by atoms with Gasteiger partial charge in [-0.2, -0.15) is 5.10 Å². The largest absolute Gasteiger partial charge is 0.423 e. The van der Waals surface area contributed by atoms with Crippen LogP contribution in [0, 0.1) is 5.82 Å². The van der Waals surface area contributed by atoms with Crippen molar-refractivity contribution in [2.24, 2.45) is 0 Å². The molecular formula is C22H17FN4O3. The van der Waals surface area contributed by atoms with E-state index < -0.39 is 5.97 Å². The second kappa shape index (κ2) is 8.04. The molecule has 1 amide bonds. The van der Waals surface area contributed by atoms with Gasteiger partial charge < -0.3 is 14.6 Å². The average molecular weight is 404 g/mol. The minimum absolute atomic E-state index is 0.190. The molecule has 30 heavy (non-hydrogen) atoms. The highest BCUT2D eigenvalue weighted by atomic mass is 19.1. The molecule has 4 aromatic rings. The summed E-state index contributed by atoms with van der Waals surface area (Å²) in [4.78, 5) is 24.0. The predicted octanol–water partition coefficient (Wildman–Crippen LogP) is 3.98. The van der Waals surface area contributed by atoms with E-state index in [1.807, 2.05) is 12.1 Å². The SMILES string of the molecule is CC(=O)Nc1ccc(OC(=O)c2cnn(-c3ccc(F)cc3)c2-n2cccc2)cc1. The van der Waals surface area contributed by atoms with Crippen molar-refractivity contribution in [2.45, 2.75) is 6.92 Å². The number of carbonyl (C=O) groups is 2. The van der Waals surface area contributed by atoms with E-state index in [1.54, 1.807) is 53.4 Å². The van der Waals surface area contributed by atoms with Gasteiger partial charge in [0.15, 0.2) is 5.82 Å². The summed E-state index contributed by atoms with van der Waals surface area (Å²) in [6, 6.07) is 15.9. The smallest absolute Gasteiger partial charge is 0.349 e. The summed E-state index contributed by atoms with van der Waals surface area (Å²) in [7, 11) is 0. The third kappa shape index (κ3) is 3.97. The molecule has 0 atom stereocenters. The van der Waals surface area contributed by atoms with E-state index in [-0.39, 0.29) is 17.3 Å². The van der Waals surface area contributed by atoms with E-state index in [0.717, 1.165) is 0 Å². The summed E-state index contributed by atoms with van der Waals surface area (Å²) in [6.45, 7) is 1.41. The zero-order valence-corrected chi connectivity index (χ0v) is 15.9. The molecule has 1 N–H and O–H groups in total. The summed E-state index contributed by atoms with van der Waals surface area (Å²) in [5.41, 5.74) is 1.43. The van der Waals surface area contributed by atoms with Crippen LogP contribution >= 0.6 is 0 Å². The van der Waals surface area contributed by atoms with E-state index >= 15 is 0 Å². The summed E-state index contributed by atoms with van der Waals surface area (Å²) >= 11 is 0. The Morgan fingerprint density at radius 1 is 1.00 bits per heavy atom. The molecule has 0 aliphatic rings. The maximum Gasteiger partial charge on any atom is 0.349 e. The molecule has 0 spiro atoms. The maximum absolute atomic E-state index is 13.3. The van der Waals surface area contributed by atoms with Crippen LogP contribution in [0.4, 0.5) is 10.1 Å². The molecule has 7 nitrogen and oxygen atoms in total. The van der Waals surface area contributed by atoms with Crippen LogP contribution in [-0.4, -0.2) is 26.2 Å². The summed E-state index contributed by atoms with van der Waals surface area (Å²) in [5.74, 6) is -0.368. The van der Waals surface area contributed by atoms with E-state index in [1.165, 1.54) is 29.9 Å². The molecule has 2 aromatic carbocycles. The van der Waals surface area contributed by atoms with Crippen LogP contribution in [-0.2, 0) is 4.79 Å². The first kappa shape index (κ1) is 19.1. The minimum atomic E-state index is -0.598. The summed E-state index contributed by atoms with van der Waals surface area (Å²) in [5, 5.41) is 6.95. The minimum Gasteiger partial charge on any atom is -0.423 e. The lowest BCUT2D eigenvalue weighted by Crippen LogP contribution is -2.13. The van der Waals surface area contributed by atoms with Gasteiger partial charge in [-0.3, -0.25) is 4.79 Å². The number of halogens is 1.